The maximum atomic E-state index is 12.6. The molecule has 0 spiro atoms. The van der Waals surface area contributed by atoms with E-state index >= 15 is 0 Å². The lowest BCUT2D eigenvalue weighted by atomic mass is 10.3. The van der Waals surface area contributed by atoms with E-state index in [2.05, 4.69) is 9.88 Å². The van der Waals surface area contributed by atoms with Crippen molar-refractivity contribution in [2.75, 3.05) is 38.5 Å². The third-order valence-corrected chi connectivity index (χ3v) is 6.07. The topological polar surface area (TPSA) is 84.5 Å². The molecule has 3 rings (SSSR count). The van der Waals surface area contributed by atoms with Crippen LogP contribution < -0.4 is 5.73 Å². The molecule has 0 unspecified atom stereocenters. The molecule has 2 aliphatic rings. The van der Waals surface area contributed by atoms with Crippen LogP contribution in [0.5, 0.6) is 0 Å². The minimum Gasteiger partial charge on any atom is -0.381 e. The summed E-state index contributed by atoms with van der Waals surface area (Å²) in [6, 6.07) is 0. The summed E-state index contributed by atoms with van der Waals surface area (Å²) in [5, 5.41) is 0.105. The third kappa shape index (κ3) is 2.55. The van der Waals surface area contributed by atoms with Gasteiger partial charge in [0.1, 0.15) is 0 Å². The van der Waals surface area contributed by atoms with Crippen LogP contribution in [0.25, 0.3) is 0 Å². The van der Waals surface area contributed by atoms with E-state index in [1.165, 1.54) is 28.0 Å². The molecule has 0 atom stereocenters. The van der Waals surface area contributed by atoms with Gasteiger partial charge >= 0.3 is 0 Å². The van der Waals surface area contributed by atoms with Crippen molar-refractivity contribution in [2.24, 2.45) is 13.0 Å². The summed E-state index contributed by atoms with van der Waals surface area (Å²) >= 11 is 0. The number of aromatic nitrogens is 2. The van der Waals surface area contributed by atoms with Crippen molar-refractivity contribution < 1.29 is 8.42 Å². The largest absolute Gasteiger partial charge is 0.381 e. The molecule has 112 valence electrons. The molecule has 20 heavy (non-hydrogen) atoms. The van der Waals surface area contributed by atoms with E-state index in [0.29, 0.717) is 13.1 Å². The highest BCUT2D eigenvalue weighted by atomic mass is 32.2. The molecule has 1 saturated heterocycles. The average molecular weight is 299 g/mol. The van der Waals surface area contributed by atoms with Crippen LogP contribution in [0.2, 0.25) is 0 Å². The molecule has 0 radical (unpaired) electrons. The average Bonchev–Trinajstić information content (AvgIpc) is 3.14. The summed E-state index contributed by atoms with van der Waals surface area (Å²) in [6.45, 7) is 3.77. The SMILES string of the molecule is Cn1cnc(N)c1S(=O)(=O)N1CCN(CC2CC2)CC1. The quantitative estimate of drug-likeness (QED) is 0.826. The summed E-state index contributed by atoms with van der Waals surface area (Å²) in [4.78, 5) is 6.22. The Labute approximate surface area is 119 Å². The van der Waals surface area contributed by atoms with Crippen molar-refractivity contribution >= 4 is 15.8 Å². The number of sulfonamides is 1. The standard InChI is InChI=1S/C12H21N5O2S/c1-15-9-14-11(13)12(15)20(18,19)17-6-4-16(5-7-17)8-10-2-3-10/h9-10H,2-8,13H2,1H3. The molecule has 1 aromatic rings. The van der Waals surface area contributed by atoms with Crippen LogP contribution in [0.15, 0.2) is 11.4 Å². The molecule has 2 N–H and O–H groups in total. The highest BCUT2D eigenvalue weighted by molar-refractivity contribution is 7.89. The summed E-state index contributed by atoms with van der Waals surface area (Å²) in [7, 11) is -1.88. The molecule has 1 aromatic heterocycles. The van der Waals surface area contributed by atoms with Crippen LogP contribution in [0.4, 0.5) is 5.82 Å². The summed E-state index contributed by atoms with van der Waals surface area (Å²) in [5.74, 6) is 0.916. The normalized spacial score (nSPS) is 22.2. The van der Waals surface area contributed by atoms with Crippen molar-refractivity contribution in [1.29, 1.82) is 0 Å². The van der Waals surface area contributed by atoms with Gasteiger partial charge < -0.3 is 15.2 Å². The van der Waals surface area contributed by atoms with Crippen LogP contribution in [0.1, 0.15) is 12.8 Å². The van der Waals surface area contributed by atoms with Gasteiger partial charge in [0.25, 0.3) is 10.0 Å². The molecular formula is C12H21N5O2S. The van der Waals surface area contributed by atoms with Crippen LogP contribution in [-0.4, -0.2) is 59.9 Å². The van der Waals surface area contributed by atoms with Crippen molar-refractivity contribution in [2.45, 2.75) is 17.9 Å². The Bertz CT molecular complexity index is 565. The van der Waals surface area contributed by atoms with Crippen molar-refractivity contribution in [1.82, 2.24) is 18.8 Å². The number of nitrogens with zero attached hydrogens (tertiary/aromatic N) is 4. The molecule has 0 bridgehead atoms. The third-order valence-electron chi connectivity index (χ3n) is 4.04. The highest BCUT2D eigenvalue weighted by Crippen LogP contribution is 2.30. The van der Waals surface area contributed by atoms with Gasteiger partial charge in [-0.3, -0.25) is 0 Å². The number of nitrogen functional groups attached to an aromatic ring is 1. The van der Waals surface area contributed by atoms with E-state index in [1.807, 2.05) is 0 Å². The summed E-state index contributed by atoms with van der Waals surface area (Å²) in [6.07, 6.45) is 4.08. The number of hydrogen-bond acceptors (Lipinski definition) is 5. The Morgan fingerprint density at radius 3 is 2.45 bits per heavy atom. The Kier molecular flexibility index (Phi) is 3.47. The minimum atomic E-state index is -3.53. The molecule has 0 amide bonds. The second-order valence-corrected chi connectivity index (χ2v) is 7.55. The van der Waals surface area contributed by atoms with Crippen LogP contribution in [-0.2, 0) is 17.1 Å². The molecule has 8 heteroatoms. The highest BCUT2D eigenvalue weighted by Gasteiger charge is 2.33. The Morgan fingerprint density at radius 2 is 1.95 bits per heavy atom. The van der Waals surface area contributed by atoms with Crippen LogP contribution in [0, 0.1) is 5.92 Å². The predicted molar refractivity (Wildman–Crippen MR) is 75.5 cm³/mol. The Balaban J connectivity index is 1.70. The predicted octanol–water partition coefficient (Wildman–Crippen LogP) is -0.281. The van der Waals surface area contributed by atoms with Gasteiger partial charge in [-0.2, -0.15) is 4.31 Å². The number of hydrogen-bond donors (Lipinski definition) is 1. The summed E-state index contributed by atoms with van der Waals surface area (Å²) < 4.78 is 28.2. The first-order chi connectivity index (χ1) is 9.48. The lowest BCUT2D eigenvalue weighted by Crippen LogP contribution is -2.49. The maximum absolute atomic E-state index is 12.6. The zero-order valence-corrected chi connectivity index (χ0v) is 12.5. The first-order valence-electron chi connectivity index (χ1n) is 6.98. The molecular weight excluding hydrogens is 278 g/mol. The van der Waals surface area contributed by atoms with Gasteiger partial charge in [0, 0.05) is 39.8 Å². The fourth-order valence-electron chi connectivity index (χ4n) is 2.69. The van der Waals surface area contributed by atoms with Gasteiger partial charge in [0.2, 0.25) is 0 Å². The van der Waals surface area contributed by atoms with Gasteiger partial charge in [-0.15, -0.1) is 0 Å². The number of rotatable bonds is 4. The lowest BCUT2D eigenvalue weighted by molar-refractivity contribution is 0.182. The molecule has 1 aliphatic heterocycles. The zero-order valence-electron chi connectivity index (χ0n) is 11.7. The first-order valence-corrected chi connectivity index (χ1v) is 8.42. The van der Waals surface area contributed by atoms with Gasteiger partial charge in [-0.25, -0.2) is 13.4 Å². The molecule has 1 saturated carbocycles. The Hall–Kier alpha value is -1.12. The van der Waals surface area contributed by atoms with Crippen molar-refractivity contribution in [3.8, 4) is 0 Å². The van der Waals surface area contributed by atoms with Gasteiger partial charge in [-0.1, -0.05) is 0 Å². The number of anilines is 1. The van der Waals surface area contributed by atoms with Crippen LogP contribution >= 0.6 is 0 Å². The van der Waals surface area contributed by atoms with E-state index in [0.717, 1.165) is 25.6 Å². The van der Waals surface area contributed by atoms with E-state index in [9.17, 15) is 8.42 Å². The molecule has 2 fully saturated rings. The van der Waals surface area contributed by atoms with Crippen molar-refractivity contribution in [3.63, 3.8) is 0 Å². The van der Waals surface area contributed by atoms with E-state index in [1.54, 1.807) is 7.05 Å². The second kappa shape index (κ2) is 5.01. The van der Waals surface area contributed by atoms with Gasteiger partial charge in [0.05, 0.1) is 6.33 Å². The molecule has 2 heterocycles. The van der Waals surface area contributed by atoms with E-state index in [-0.39, 0.29) is 10.8 Å². The number of piperazine rings is 1. The minimum absolute atomic E-state index is 0.0768. The van der Waals surface area contributed by atoms with Gasteiger partial charge in [-0.05, 0) is 18.8 Å². The number of nitrogens with two attached hydrogens (primary N) is 1. The lowest BCUT2D eigenvalue weighted by Gasteiger charge is -2.33. The number of aryl methyl sites for hydroxylation is 1. The van der Waals surface area contributed by atoms with Crippen LogP contribution in [0.3, 0.4) is 0 Å². The fourth-order valence-corrected chi connectivity index (χ4v) is 4.31. The fraction of sp³-hybridized carbons (Fsp3) is 0.750. The van der Waals surface area contributed by atoms with Gasteiger partial charge in [0.15, 0.2) is 10.8 Å². The smallest absolute Gasteiger partial charge is 0.262 e. The second-order valence-electron chi connectivity index (χ2n) is 5.69. The Morgan fingerprint density at radius 1 is 1.30 bits per heavy atom. The monoisotopic (exact) mass is 299 g/mol. The maximum Gasteiger partial charge on any atom is 0.262 e. The van der Waals surface area contributed by atoms with E-state index < -0.39 is 10.0 Å². The summed E-state index contributed by atoms with van der Waals surface area (Å²) in [5.41, 5.74) is 5.69. The first kappa shape index (κ1) is 13.8. The molecule has 0 aromatic carbocycles. The van der Waals surface area contributed by atoms with E-state index in [4.69, 9.17) is 5.73 Å². The van der Waals surface area contributed by atoms with Crippen molar-refractivity contribution in [3.05, 3.63) is 6.33 Å². The number of imidazole rings is 1. The molecule has 7 nitrogen and oxygen atoms in total. The molecule has 1 aliphatic carbocycles. The zero-order chi connectivity index (χ0) is 14.3.